The summed E-state index contributed by atoms with van der Waals surface area (Å²) in [6.07, 6.45) is 3.05. The second-order valence-electron chi connectivity index (χ2n) is 3.26. The molecule has 2 N–H and O–H groups in total. The number of rotatable bonds is 2. The Balaban J connectivity index is 0.00000144. The van der Waals surface area contributed by atoms with Crippen LogP contribution in [-0.4, -0.2) is 16.1 Å². The van der Waals surface area contributed by atoms with Crippen molar-refractivity contribution in [3.8, 4) is 6.07 Å². The van der Waals surface area contributed by atoms with Gasteiger partial charge < -0.3 is 10.1 Å². The van der Waals surface area contributed by atoms with Crippen LogP contribution in [0.3, 0.4) is 0 Å². The lowest BCUT2D eigenvalue weighted by Gasteiger charge is -1.92. The fourth-order valence-corrected chi connectivity index (χ4v) is 1.51. The Labute approximate surface area is 92.9 Å². The average Bonchev–Trinajstić information content (AvgIpc) is 2.69. The van der Waals surface area contributed by atoms with E-state index in [-0.39, 0.29) is 7.00 Å². The van der Waals surface area contributed by atoms with Crippen LogP contribution in [0.2, 0.25) is 0 Å². The van der Waals surface area contributed by atoms with Crippen molar-refractivity contribution in [2.75, 3.05) is 0 Å². The largest absolute Gasteiger partial charge is 0.477 e. The molecule has 0 aliphatic carbocycles. The molecule has 0 saturated carbocycles. The van der Waals surface area contributed by atoms with Gasteiger partial charge >= 0.3 is 5.97 Å². The average molecular weight is 214 g/mol. The maximum absolute atomic E-state index is 10.7. The second-order valence-corrected chi connectivity index (χ2v) is 3.26. The van der Waals surface area contributed by atoms with Crippen molar-refractivity contribution in [3.05, 3.63) is 41.6 Å². The Morgan fingerprint density at radius 1 is 1.50 bits per heavy atom. The van der Waals surface area contributed by atoms with Gasteiger partial charge in [0, 0.05) is 24.1 Å². The van der Waals surface area contributed by atoms with Crippen LogP contribution in [0, 0.1) is 11.3 Å². The van der Waals surface area contributed by atoms with Crippen molar-refractivity contribution in [2.45, 2.75) is 0 Å². The van der Waals surface area contributed by atoms with Crippen molar-refractivity contribution in [1.29, 1.82) is 5.26 Å². The number of fused-ring (bicyclic) bond motifs is 1. The van der Waals surface area contributed by atoms with Gasteiger partial charge in [0.1, 0.15) is 11.6 Å². The number of carbonyl (C=O) groups is 1. The summed E-state index contributed by atoms with van der Waals surface area (Å²) in [7, 11) is 0. The van der Waals surface area contributed by atoms with Crippen LogP contribution < -0.4 is 0 Å². The van der Waals surface area contributed by atoms with E-state index in [2.05, 4.69) is 4.98 Å². The summed E-state index contributed by atoms with van der Waals surface area (Å²) in [5, 5.41) is 18.3. The van der Waals surface area contributed by atoms with Crippen LogP contribution >= 0.6 is 0 Å². The molecule has 1 aromatic heterocycles. The fourth-order valence-electron chi connectivity index (χ4n) is 1.51. The lowest BCUT2D eigenvalue weighted by molar-refractivity contribution is -0.132. The molecule has 80 valence electrons. The summed E-state index contributed by atoms with van der Waals surface area (Å²) in [6.45, 7) is 0. The summed E-state index contributed by atoms with van der Waals surface area (Å²) in [4.78, 5) is 13.7. The normalized spacial score (nSPS) is 11.3. The van der Waals surface area contributed by atoms with Gasteiger partial charge in [-0.3, -0.25) is 0 Å². The Morgan fingerprint density at radius 3 is 2.94 bits per heavy atom. The third kappa shape index (κ3) is 1.66. The molecule has 1 heterocycles. The monoisotopic (exact) mass is 214 g/mol. The SMILES string of the molecule is N#C/C(=C\c1c[nH]c2ccccc12)C(=O)O.[HH]. The zero-order chi connectivity index (χ0) is 11.5. The molecule has 0 fully saturated rings. The van der Waals surface area contributed by atoms with E-state index >= 15 is 0 Å². The van der Waals surface area contributed by atoms with Crippen molar-refractivity contribution in [1.82, 2.24) is 4.98 Å². The molecule has 4 heteroatoms. The quantitative estimate of drug-likeness (QED) is 0.595. The van der Waals surface area contributed by atoms with Crippen LogP contribution in [0.15, 0.2) is 36.0 Å². The minimum absolute atomic E-state index is 0. The number of aromatic amines is 1. The van der Waals surface area contributed by atoms with Crippen molar-refractivity contribution in [3.63, 3.8) is 0 Å². The van der Waals surface area contributed by atoms with E-state index in [1.807, 2.05) is 24.3 Å². The first kappa shape index (κ1) is 9.99. The zero-order valence-corrected chi connectivity index (χ0v) is 8.27. The number of para-hydroxylation sites is 1. The van der Waals surface area contributed by atoms with Crippen LogP contribution in [0.4, 0.5) is 0 Å². The van der Waals surface area contributed by atoms with E-state index < -0.39 is 5.97 Å². The number of benzene rings is 1. The molecule has 0 aliphatic heterocycles. The number of nitrogens with one attached hydrogen (secondary N) is 1. The highest BCUT2D eigenvalue weighted by Gasteiger charge is 2.07. The molecular formula is C12H10N2O2. The maximum Gasteiger partial charge on any atom is 0.346 e. The summed E-state index contributed by atoms with van der Waals surface area (Å²) in [6, 6.07) is 9.16. The van der Waals surface area contributed by atoms with Crippen molar-refractivity contribution < 1.29 is 11.3 Å². The van der Waals surface area contributed by atoms with Gasteiger partial charge in [-0.2, -0.15) is 5.26 Å². The number of H-pyrrole nitrogens is 1. The van der Waals surface area contributed by atoms with Crippen LogP contribution in [-0.2, 0) is 4.79 Å². The predicted molar refractivity (Wildman–Crippen MR) is 61.6 cm³/mol. The molecule has 0 saturated heterocycles. The number of nitriles is 1. The Bertz CT molecular complexity index is 623. The van der Waals surface area contributed by atoms with E-state index in [1.54, 1.807) is 12.3 Å². The lowest BCUT2D eigenvalue weighted by Crippen LogP contribution is -1.96. The van der Waals surface area contributed by atoms with Gasteiger partial charge in [0.25, 0.3) is 0 Å². The number of aliphatic carboxylic acids is 1. The predicted octanol–water partition coefficient (Wildman–Crippen LogP) is 2.41. The Hall–Kier alpha value is -2.54. The van der Waals surface area contributed by atoms with Gasteiger partial charge in [0.15, 0.2) is 0 Å². The molecule has 0 atom stereocenters. The van der Waals surface area contributed by atoms with E-state index in [0.29, 0.717) is 5.56 Å². The smallest absolute Gasteiger partial charge is 0.346 e. The van der Waals surface area contributed by atoms with Gasteiger partial charge in [-0.25, -0.2) is 4.79 Å². The molecule has 0 radical (unpaired) electrons. The number of nitrogens with zero attached hydrogens (tertiary/aromatic N) is 1. The molecule has 2 rings (SSSR count). The van der Waals surface area contributed by atoms with Crippen LogP contribution in [0.5, 0.6) is 0 Å². The molecule has 16 heavy (non-hydrogen) atoms. The summed E-state index contributed by atoms with van der Waals surface area (Å²) < 4.78 is 0. The zero-order valence-electron chi connectivity index (χ0n) is 8.27. The van der Waals surface area contributed by atoms with E-state index in [4.69, 9.17) is 10.4 Å². The molecule has 4 nitrogen and oxygen atoms in total. The standard InChI is InChI=1S/C12H8N2O2.H2/c13-6-8(12(15)16)5-9-7-14-11-4-2-1-3-10(9)11;/h1-5,7,14H,(H,15,16);1H/b8-5+;. The molecule has 0 aliphatic rings. The van der Waals surface area contributed by atoms with Gasteiger partial charge in [-0.05, 0) is 12.1 Å². The number of hydrogen-bond acceptors (Lipinski definition) is 2. The third-order valence-corrected chi connectivity index (χ3v) is 2.27. The molecule has 1 aromatic carbocycles. The van der Waals surface area contributed by atoms with E-state index in [9.17, 15) is 4.79 Å². The van der Waals surface area contributed by atoms with Gasteiger partial charge in [-0.1, -0.05) is 18.2 Å². The highest BCUT2D eigenvalue weighted by Crippen LogP contribution is 2.20. The van der Waals surface area contributed by atoms with Gasteiger partial charge in [0.05, 0.1) is 0 Å². The van der Waals surface area contributed by atoms with Gasteiger partial charge in [0.2, 0.25) is 0 Å². The Kier molecular flexibility index (Phi) is 2.44. The fraction of sp³-hybridized carbons (Fsp3) is 0. The number of hydrogen-bond donors (Lipinski definition) is 2. The summed E-state index contributed by atoms with van der Waals surface area (Å²) in [5.74, 6) is -1.22. The summed E-state index contributed by atoms with van der Waals surface area (Å²) >= 11 is 0. The first-order chi connectivity index (χ1) is 7.72. The number of carboxylic acid groups (broad SMARTS) is 1. The van der Waals surface area contributed by atoms with Crippen LogP contribution in [0.1, 0.15) is 6.99 Å². The minimum Gasteiger partial charge on any atom is -0.477 e. The molecule has 2 aromatic rings. The highest BCUT2D eigenvalue weighted by molar-refractivity contribution is 6.00. The number of aromatic nitrogens is 1. The van der Waals surface area contributed by atoms with Gasteiger partial charge in [-0.15, -0.1) is 0 Å². The van der Waals surface area contributed by atoms with Crippen LogP contribution in [0.25, 0.3) is 17.0 Å². The topological polar surface area (TPSA) is 76.9 Å². The maximum atomic E-state index is 10.7. The molecular weight excluding hydrogens is 204 g/mol. The number of carboxylic acids is 1. The summed E-state index contributed by atoms with van der Waals surface area (Å²) in [5.41, 5.74) is 1.34. The molecule has 0 unspecified atom stereocenters. The minimum atomic E-state index is -1.22. The molecule has 0 bridgehead atoms. The lowest BCUT2D eigenvalue weighted by atomic mass is 10.1. The molecule has 0 amide bonds. The van der Waals surface area contributed by atoms with E-state index in [1.165, 1.54) is 6.08 Å². The first-order valence-corrected chi connectivity index (χ1v) is 4.63. The second kappa shape index (κ2) is 3.91. The Morgan fingerprint density at radius 2 is 2.25 bits per heavy atom. The van der Waals surface area contributed by atoms with Crippen molar-refractivity contribution >= 4 is 22.9 Å². The third-order valence-electron chi connectivity index (χ3n) is 2.27. The molecule has 0 spiro atoms. The highest BCUT2D eigenvalue weighted by atomic mass is 16.4. The van der Waals surface area contributed by atoms with E-state index in [0.717, 1.165) is 10.9 Å². The van der Waals surface area contributed by atoms with Crippen molar-refractivity contribution in [2.24, 2.45) is 0 Å². The first-order valence-electron chi connectivity index (χ1n) is 4.63.